The average molecular weight is 367 g/mol. The Labute approximate surface area is 159 Å². The number of hydrogen-bond donors (Lipinski definition) is 1. The van der Waals surface area contributed by atoms with Crippen molar-refractivity contribution in [1.82, 2.24) is 9.97 Å². The van der Waals surface area contributed by atoms with Crippen molar-refractivity contribution in [3.63, 3.8) is 0 Å². The summed E-state index contributed by atoms with van der Waals surface area (Å²) in [6.07, 6.45) is 5.31. The molecule has 0 bridgehead atoms. The number of nitrogens with zero attached hydrogens (tertiary/aromatic N) is 3. The molecule has 1 N–H and O–H groups in total. The monoisotopic (exact) mass is 367 g/mol. The molecule has 6 nitrogen and oxygen atoms in total. The van der Waals surface area contributed by atoms with E-state index in [1.165, 1.54) is 23.5 Å². The highest BCUT2D eigenvalue weighted by atomic mass is 16.4. The number of carbonyl (C=O) groups excluding carboxylic acids is 1. The number of anilines is 1. The van der Waals surface area contributed by atoms with Crippen molar-refractivity contribution in [3.05, 3.63) is 53.3 Å². The third-order valence-electron chi connectivity index (χ3n) is 5.23. The molecule has 1 saturated heterocycles. The number of benzene rings is 1. The number of Topliss-reactive ketones (excluding diaryl/α,β-unsaturated/α-hetero) is 1. The lowest BCUT2D eigenvalue weighted by Crippen LogP contribution is -2.34. The number of hydrogen-bond acceptors (Lipinski definition) is 5. The average Bonchev–Trinajstić information content (AvgIpc) is 2.68. The molecule has 0 unspecified atom stereocenters. The highest BCUT2D eigenvalue weighted by Gasteiger charge is 2.22. The largest absolute Gasteiger partial charge is 0.478 e. The Kier molecular flexibility index (Phi) is 5.84. The van der Waals surface area contributed by atoms with E-state index in [2.05, 4.69) is 46.1 Å². The van der Waals surface area contributed by atoms with Gasteiger partial charge in [0.15, 0.2) is 0 Å². The van der Waals surface area contributed by atoms with Crippen molar-refractivity contribution in [1.29, 1.82) is 0 Å². The quantitative estimate of drug-likeness (QED) is 0.839. The van der Waals surface area contributed by atoms with Crippen molar-refractivity contribution >= 4 is 17.7 Å². The molecule has 0 amide bonds. The molecule has 1 fully saturated rings. The number of aromatic carboxylic acids is 1. The van der Waals surface area contributed by atoms with Crippen molar-refractivity contribution in [2.45, 2.75) is 44.9 Å². The second kappa shape index (κ2) is 8.29. The summed E-state index contributed by atoms with van der Waals surface area (Å²) in [5, 5.41) is 8.93. The van der Waals surface area contributed by atoms with Gasteiger partial charge in [0.2, 0.25) is 5.95 Å². The fourth-order valence-corrected chi connectivity index (χ4v) is 3.65. The molecule has 1 atom stereocenters. The molecule has 0 saturated carbocycles. The van der Waals surface area contributed by atoms with Gasteiger partial charge in [0.25, 0.3) is 0 Å². The minimum atomic E-state index is -1.01. The van der Waals surface area contributed by atoms with Crippen LogP contribution in [0.3, 0.4) is 0 Å². The summed E-state index contributed by atoms with van der Waals surface area (Å²) in [6, 6.07) is 8.65. The van der Waals surface area contributed by atoms with Gasteiger partial charge in [0.05, 0.1) is 5.56 Å². The second-order valence-corrected chi connectivity index (χ2v) is 7.31. The Balaban J connectivity index is 1.58. The third kappa shape index (κ3) is 4.70. The molecule has 6 heteroatoms. The van der Waals surface area contributed by atoms with E-state index >= 15 is 0 Å². The maximum absolute atomic E-state index is 11.3. The summed E-state index contributed by atoms with van der Waals surface area (Å²) in [7, 11) is 0. The van der Waals surface area contributed by atoms with Crippen molar-refractivity contribution in [3.8, 4) is 0 Å². The standard InChI is InChI=1S/C21H25N3O3/c1-14(11-15(2)25)16-3-5-17(6-4-16)18-7-9-24(10-8-18)21-22-12-19(13-23-21)20(26)27/h3-6,12-14,18H,7-11H2,1-2H3,(H,26,27)/t14-/m1/s1. The topological polar surface area (TPSA) is 83.4 Å². The van der Waals surface area contributed by atoms with Crippen LogP contribution in [0.2, 0.25) is 0 Å². The zero-order valence-corrected chi connectivity index (χ0v) is 15.8. The van der Waals surface area contributed by atoms with Crippen molar-refractivity contribution in [2.75, 3.05) is 18.0 Å². The molecule has 27 heavy (non-hydrogen) atoms. The van der Waals surface area contributed by atoms with Crippen LogP contribution in [0.25, 0.3) is 0 Å². The van der Waals surface area contributed by atoms with Gasteiger partial charge in [-0.3, -0.25) is 0 Å². The molecule has 1 aliphatic heterocycles. The zero-order chi connectivity index (χ0) is 19.4. The first kappa shape index (κ1) is 19.0. The summed E-state index contributed by atoms with van der Waals surface area (Å²) in [6.45, 7) is 5.42. The van der Waals surface area contributed by atoms with Gasteiger partial charge < -0.3 is 14.8 Å². The first-order chi connectivity index (χ1) is 12.9. The number of aromatic nitrogens is 2. The first-order valence-electron chi connectivity index (χ1n) is 9.33. The van der Waals surface area contributed by atoms with Crippen LogP contribution in [0.4, 0.5) is 5.95 Å². The number of ketones is 1. The Bertz CT molecular complexity index is 794. The van der Waals surface area contributed by atoms with E-state index in [1.54, 1.807) is 6.92 Å². The lowest BCUT2D eigenvalue weighted by molar-refractivity contribution is -0.117. The van der Waals surface area contributed by atoms with E-state index in [0.717, 1.165) is 25.9 Å². The minimum Gasteiger partial charge on any atom is -0.478 e. The predicted octanol–water partition coefficient (Wildman–Crippen LogP) is 3.64. The molecule has 1 aromatic heterocycles. The van der Waals surface area contributed by atoms with E-state index in [0.29, 0.717) is 18.3 Å². The van der Waals surface area contributed by atoms with Crippen molar-refractivity contribution < 1.29 is 14.7 Å². The molecule has 0 spiro atoms. The maximum Gasteiger partial charge on any atom is 0.338 e. The lowest BCUT2D eigenvalue weighted by atomic mass is 9.87. The number of rotatable bonds is 6. The van der Waals surface area contributed by atoms with Crippen LogP contribution in [0.1, 0.15) is 66.4 Å². The van der Waals surface area contributed by atoms with Crippen LogP contribution < -0.4 is 4.90 Å². The predicted molar refractivity (Wildman–Crippen MR) is 103 cm³/mol. The Hall–Kier alpha value is -2.76. The molecule has 2 aromatic rings. The van der Waals surface area contributed by atoms with Gasteiger partial charge in [-0.25, -0.2) is 14.8 Å². The van der Waals surface area contributed by atoms with Gasteiger partial charge in [-0.05, 0) is 42.7 Å². The van der Waals surface area contributed by atoms with Crippen LogP contribution in [0.5, 0.6) is 0 Å². The highest BCUT2D eigenvalue weighted by molar-refractivity contribution is 5.86. The number of carbonyl (C=O) groups is 2. The van der Waals surface area contributed by atoms with Gasteiger partial charge in [0.1, 0.15) is 5.78 Å². The van der Waals surface area contributed by atoms with E-state index < -0.39 is 5.97 Å². The Morgan fingerprint density at radius 3 is 2.26 bits per heavy atom. The summed E-state index contributed by atoms with van der Waals surface area (Å²) >= 11 is 0. The maximum atomic E-state index is 11.3. The second-order valence-electron chi connectivity index (χ2n) is 7.31. The molecular weight excluding hydrogens is 342 g/mol. The molecular formula is C21H25N3O3. The number of piperidine rings is 1. The summed E-state index contributed by atoms with van der Waals surface area (Å²) in [5.41, 5.74) is 2.64. The van der Waals surface area contributed by atoms with Gasteiger partial charge in [-0.1, -0.05) is 31.2 Å². The van der Waals surface area contributed by atoms with Gasteiger partial charge in [-0.2, -0.15) is 0 Å². The van der Waals surface area contributed by atoms with Gasteiger partial charge >= 0.3 is 5.97 Å². The van der Waals surface area contributed by atoms with Gasteiger partial charge in [-0.15, -0.1) is 0 Å². The Morgan fingerprint density at radius 1 is 1.15 bits per heavy atom. The van der Waals surface area contributed by atoms with Gasteiger partial charge in [0, 0.05) is 31.9 Å². The van der Waals surface area contributed by atoms with E-state index in [9.17, 15) is 9.59 Å². The molecule has 0 aliphatic carbocycles. The Morgan fingerprint density at radius 2 is 1.74 bits per heavy atom. The van der Waals surface area contributed by atoms with Crippen LogP contribution in [-0.2, 0) is 4.79 Å². The molecule has 3 rings (SSSR count). The molecule has 1 aromatic carbocycles. The van der Waals surface area contributed by atoms with E-state index in [1.807, 2.05) is 0 Å². The van der Waals surface area contributed by atoms with Crippen LogP contribution in [0.15, 0.2) is 36.7 Å². The normalized spacial score (nSPS) is 16.1. The lowest BCUT2D eigenvalue weighted by Gasteiger charge is -2.32. The van der Waals surface area contributed by atoms with E-state index in [4.69, 9.17) is 5.11 Å². The molecule has 0 radical (unpaired) electrons. The van der Waals surface area contributed by atoms with Crippen molar-refractivity contribution in [2.24, 2.45) is 0 Å². The molecule has 1 aliphatic rings. The molecule has 2 heterocycles. The zero-order valence-electron chi connectivity index (χ0n) is 15.8. The fraction of sp³-hybridized carbons (Fsp3) is 0.429. The van der Waals surface area contributed by atoms with Crippen LogP contribution in [0, 0.1) is 0 Å². The molecule has 142 valence electrons. The highest BCUT2D eigenvalue weighted by Crippen LogP contribution is 2.30. The summed E-state index contributed by atoms with van der Waals surface area (Å²) in [4.78, 5) is 32.7. The van der Waals surface area contributed by atoms with E-state index in [-0.39, 0.29) is 17.3 Å². The smallest absolute Gasteiger partial charge is 0.338 e. The summed E-state index contributed by atoms with van der Waals surface area (Å²) < 4.78 is 0. The minimum absolute atomic E-state index is 0.104. The number of carboxylic acids is 1. The fourth-order valence-electron chi connectivity index (χ4n) is 3.65. The summed E-state index contributed by atoms with van der Waals surface area (Å²) in [5.74, 6) is 0.548. The number of carboxylic acid groups (broad SMARTS) is 1. The van der Waals surface area contributed by atoms with Crippen LogP contribution >= 0.6 is 0 Å². The van der Waals surface area contributed by atoms with Crippen LogP contribution in [-0.4, -0.2) is 39.9 Å². The third-order valence-corrected chi connectivity index (χ3v) is 5.23. The SMILES string of the molecule is CC(=O)C[C@@H](C)c1ccc(C2CCN(c3ncc(C(=O)O)cn3)CC2)cc1. The first-order valence-corrected chi connectivity index (χ1v) is 9.33.